The molecular formula is C22H28F2N4O5. The molecule has 0 aliphatic heterocycles. The fourth-order valence-corrected chi connectivity index (χ4v) is 3.17. The quantitative estimate of drug-likeness (QED) is 0.387. The van der Waals surface area contributed by atoms with E-state index in [0.717, 1.165) is 36.3 Å². The van der Waals surface area contributed by atoms with E-state index < -0.39 is 41.4 Å². The summed E-state index contributed by atoms with van der Waals surface area (Å²) in [6.07, 6.45) is 3.54. The number of nitrogens with two attached hydrogens (primary N) is 1. The van der Waals surface area contributed by atoms with Gasteiger partial charge in [0.05, 0.1) is 5.56 Å². The number of aromatic amines is 1. The zero-order chi connectivity index (χ0) is 24.5. The maximum atomic E-state index is 13.4. The van der Waals surface area contributed by atoms with Crippen LogP contribution in [0.3, 0.4) is 0 Å². The Hall–Kier alpha value is -3.50. The third kappa shape index (κ3) is 6.50. The molecule has 0 saturated heterocycles. The van der Waals surface area contributed by atoms with Crippen molar-refractivity contribution in [3.05, 3.63) is 56.2 Å². The Morgan fingerprint density at radius 3 is 2.42 bits per heavy atom. The zero-order valence-corrected chi connectivity index (χ0v) is 18.7. The number of benzene rings is 1. The van der Waals surface area contributed by atoms with Crippen molar-refractivity contribution < 1.29 is 23.1 Å². The number of amides is 1. The Morgan fingerprint density at radius 1 is 1.09 bits per heavy atom. The molecule has 11 heteroatoms. The van der Waals surface area contributed by atoms with Crippen LogP contribution < -0.4 is 21.9 Å². The molecule has 0 spiro atoms. The summed E-state index contributed by atoms with van der Waals surface area (Å²) in [4.78, 5) is 53.1. The molecule has 33 heavy (non-hydrogen) atoms. The van der Waals surface area contributed by atoms with Gasteiger partial charge < -0.3 is 15.4 Å². The van der Waals surface area contributed by atoms with Crippen molar-refractivity contribution >= 4 is 23.4 Å². The first-order valence-electron chi connectivity index (χ1n) is 10.8. The van der Waals surface area contributed by atoms with Crippen LogP contribution in [0.25, 0.3) is 0 Å². The molecule has 1 aromatic heterocycles. The molecule has 3 N–H and O–H groups in total. The highest BCUT2D eigenvalue weighted by Crippen LogP contribution is 2.19. The van der Waals surface area contributed by atoms with E-state index in [4.69, 9.17) is 10.5 Å². The third-order valence-electron chi connectivity index (χ3n) is 4.99. The Bertz CT molecular complexity index is 1110. The average Bonchev–Trinajstić information content (AvgIpc) is 2.77. The Kier molecular flexibility index (Phi) is 9.31. The summed E-state index contributed by atoms with van der Waals surface area (Å²) in [7, 11) is 0. The van der Waals surface area contributed by atoms with Crippen LogP contribution in [0.4, 0.5) is 20.3 Å². The van der Waals surface area contributed by atoms with Gasteiger partial charge in [-0.05, 0) is 31.0 Å². The van der Waals surface area contributed by atoms with E-state index >= 15 is 0 Å². The predicted octanol–water partition coefficient (Wildman–Crippen LogP) is 2.58. The lowest BCUT2D eigenvalue weighted by Crippen LogP contribution is -2.43. The minimum Gasteiger partial charge on any atom is -0.452 e. The second kappa shape index (κ2) is 11.9. The summed E-state index contributed by atoms with van der Waals surface area (Å²) >= 11 is 0. The summed E-state index contributed by atoms with van der Waals surface area (Å²) in [5.41, 5.74) is 4.13. The number of nitrogens with one attached hydrogen (secondary N) is 1. The van der Waals surface area contributed by atoms with Gasteiger partial charge in [0.15, 0.2) is 23.9 Å². The van der Waals surface area contributed by atoms with Crippen LogP contribution in [-0.4, -0.2) is 34.6 Å². The topological polar surface area (TPSA) is 127 Å². The smallest absolute Gasteiger partial charge is 0.338 e. The molecule has 0 aliphatic carbocycles. The Labute approximate surface area is 189 Å². The zero-order valence-electron chi connectivity index (χ0n) is 18.7. The van der Waals surface area contributed by atoms with Crippen LogP contribution >= 0.6 is 0 Å². The van der Waals surface area contributed by atoms with Gasteiger partial charge in [-0.3, -0.25) is 19.1 Å². The molecule has 1 aromatic carbocycles. The monoisotopic (exact) mass is 466 g/mol. The summed E-state index contributed by atoms with van der Waals surface area (Å²) < 4.78 is 32.6. The second-order valence-electron chi connectivity index (χ2n) is 7.46. The summed E-state index contributed by atoms with van der Waals surface area (Å²) in [5.74, 6) is -4.30. The van der Waals surface area contributed by atoms with Gasteiger partial charge in [0.1, 0.15) is 5.82 Å². The van der Waals surface area contributed by atoms with E-state index in [-0.39, 0.29) is 30.2 Å². The molecule has 0 aliphatic rings. The van der Waals surface area contributed by atoms with Crippen molar-refractivity contribution in [3.8, 4) is 0 Å². The molecule has 0 radical (unpaired) electrons. The molecular weight excluding hydrogens is 438 g/mol. The van der Waals surface area contributed by atoms with Crippen molar-refractivity contribution in [2.24, 2.45) is 0 Å². The highest BCUT2D eigenvalue weighted by molar-refractivity contribution is 5.98. The molecule has 9 nitrogen and oxygen atoms in total. The van der Waals surface area contributed by atoms with Crippen LogP contribution in [-0.2, 0) is 16.1 Å². The van der Waals surface area contributed by atoms with E-state index in [0.29, 0.717) is 18.9 Å². The molecule has 2 rings (SSSR count). The maximum Gasteiger partial charge on any atom is 0.338 e. The Morgan fingerprint density at radius 2 is 1.79 bits per heavy atom. The minimum absolute atomic E-state index is 0.106. The van der Waals surface area contributed by atoms with Crippen molar-refractivity contribution in [2.45, 2.75) is 52.5 Å². The number of nitrogen functional groups attached to an aromatic ring is 1. The molecule has 1 amide bonds. The number of hydrogen-bond donors (Lipinski definition) is 2. The highest BCUT2D eigenvalue weighted by atomic mass is 19.2. The molecule has 0 fully saturated rings. The van der Waals surface area contributed by atoms with Gasteiger partial charge in [-0.1, -0.05) is 33.1 Å². The predicted molar refractivity (Wildman–Crippen MR) is 119 cm³/mol. The normalized spacial score (nSPS) is 10.8. The van der Waals surface area contributed by atoms with Crippen LogP contribution in [0, 0.1) is 11.6 Å². The number of ether oxygens (including phenoxy) is 1. The first kappa shape index (κ1) is 25.8. The largest absolute Gasteiger partial charge is 0.452 e. The summed E-state index contributed by atoms with van der Waals surface area (Å²) in [6, 6.07) is 2.45. The number of halogens is 2. The van der Waals surface area contributed by atoms with E-state index in [9.17, 15) is 28.0 Å². The lowest BCUT2D eigenvalue weighted by atomic mass is 10.2. The van der Waals surface area contributed by atoms with Crippen LogP contribution in [0.15, 0.2) is 27.8 Å². The second-order valence-corrected chi connectivity index (χ2v) is 7.46. The number of esters is 1. The van der Waals surface area contributed by atoms with Crippen molar-refractivity contribution in [2.75, 3.05) is 23.8 Å². The van der Waals surface area contributed by atoms with Gasteiger partial charge in [-0.2, -0.15) is 0 Å². The van der Waals surface area contributed by atoms with Crippen LogP contribution in [0.2, 0.25) is 0 Å². The van der Waals surface area contributed by atoms with Crippen molar-refractivity contribution in [3.63, 3.8) is 0 Å². The summed E-state index contributed by atoms with van der Waals surface area (Å²) in [5, 5.41) is 0. The number of unbranched alkanes of at least 4 members (excludes halogenated alkanes) is 3. The van der Waals surface area contributed by atoms with Crippen LogP contribution in [0.1, 0.15) is 56.3 Å². The fraction of sp³-hybridized carbons (Fsp3) is 0.455. The lowest BCUT2D eigenvalue weighted by Gasteiger charge is -2.24. The van der Waals surface area contributed by atoms with Gasteiger partial charge in [0, 0.05) is 13.1 Å². The fourth-order valence-electron chi connectivity index (χ4n) is 3.17. The van der Waals surface area contributed by atoms with Gasteiger partial charge in [-0.25, -0.2) is 18.4 Å². The van der Waals surface area contributed by atoms with Gasteiger partial charge >= 0.3 is 11.7 Å². The van der Waals surface area contributed by atoms with E-state index in [1.165, 1.54) is 4.57 Å². The molecule has 0 unspecified atom stereocenters. The minimum atomic E-state index is -1.23. The first-order chi connectivity index (χ1) is 15.7. The SMILES string of the molecule is CCCCCN(C(=O)COC(=O)c1ccc(F)c(F)c1)c1c(N)n(CCCC)c(=O)[nH]c1=O. The first-order valence-corrected chi connectivity index (χ1v) is 10.8. The standard InChI is InChI=1S/C22H28F2N4O5/c1-3-5-7-11-27(18-19(25)28(10-6-4-2)22(32)26-20(18)30)17(29)13-33-21(31)14-8-9-15(23)16(24)12-14/h8-9,12H,3-7,10-11,13,25H2,1-2H3,(H,26,30,32). The average molecular weight is 466 g/mol. The van der Waals surface area contributed by atoms with Gasteiger partial charge in [0.25, 0.3) is 11.5 Å². The molecule has 1 heterocycles. The molecule has 0 saturated carbocycles. The van der Waals surface area contributed by atoms with E-state index in [1.54, 1.807) is 0 Å². The Balaban J connectivity index is 2.31. The van der Waals surface area contributed by atoms with Gasteiger partial charge in [-0.15, -0.1) is 0 Å². The van der Waals surface area contributed by atoms with Crippen molar-refractivity contribution in [1.29, 1.82) is 0 Å². The third-order valence-corrected chi connectivity index (χ3v) is 4.99. The molecule has 0 bridgehead atoms. The number of H-pyrrole nitrogens is 1. The highest BCUT2D eigenvalue weighted by Gasteiger charge is 2.25. The number of hydrogen-bond acceptors (Lipinski definition) is 6. The molecule has 180 valence electrons. The number of nitrogens with zero attached hydrogens (tertiary/aromatic N) is 2. The maximum absolute atomic E-state index is 13.4. The van der Waals surface area contributed by atoms with Crippen molar-refractivity contribution in [1.82, 2.24) is 9.55 Å². The number of aromatic nitrogens is 2. The lowest BCUT2D eigenvalue weighted by molar-refractivity contribution is -0.121. The number of carbonyl (C=O) groups excluding carboxylic acids is 2. The van der Waals surface area contributed by atoms with Gasteiger partial charge in [0.2, 0.25) is 0 Å². The van der Waals surface area contributed by atoms with E-state index in [1.807, 2.05) is 13.8 Å². The summed E-state index contributed by atoms with van der Waals surface area (Å²) in [6.45, 7) is 3.48. The van der Waals surface area contributed by atoms with Crippen LogP contribution in [0.5, 0.6) is 0 Å². The molecule has 0 atom stereocenters. The number of anilines is 2. The number of rotatable bonds is 11. The van der Waals surface area contributed by atoms with E-state index in [2.05, 4.69) is 4.98 Å². The number of carbonyl (C=O) groups is 2. The molecule has 2 aromatic rings.